The summed E-state index contributed by atoms with van der Waals surface area (Å²) < 4.78 is 0. The SMILES string of the molecule is CCCN(C=O)C(C(=O)O)C1CCCC(C)C1. The number of carbonyl (C=O) groups excluding carboxylic acids is 1. The lowest BCUT2D eigenvalue weighted by atomic mass is 9.78. The molecule has 0 radical (unpaired) electrons. The molecule has 4 nitrogen and oxygen atoms in total. The highest BCUT2D eigenvalue weighted by Gasteiger charge is 2.35. The lowest BCUT2D eigenvalue weighted by Gasteiger charge is -2.35. The van der Waals surface area contributed by atoms with Gasteiger partial charge in [0.05, 0.1) is 0 Å². The van der Waals surface area contributed by atoms with Gasteiger partial charge >= 0.3 is 5.97 Å². The summed E-state index contributed by atoms with van der Waals surface area (Å²) in [5.74, 6) is -0.164. The van der Waals surface area contributed by atoms with Crippen molar-refractivity contribution >= 4 is 12.4 Å². The van der Waals surface area contributed by atoms with Crippen molar-refractivity contribution in [2.24, 2.45) is 11.8 Å². The number of amides is 1. The molecule has 0 aromatic rings. The molecule has 1 rings (SSSR count). The summed E-state index contributed by atoms with van der Waals surface area (Å²) in [6.07, 6.45) is 5.60. The second-order valence-electron chi connectivity index (χ2n) is 5.16. The molecule has 3 atom stereocenters. The average molecular weight is 241 g/mol. The van der Waals surface area contributed by atoms with Crippen molar-refractivity contribution in [1.29, 1.82) is 0 Å². The van der Waals surface area contributed by atoms with Gasteiger partial charge in [-0.25, -0.2) is 4.79 Å². The van der Waals surface area contributed by atoms with Crippen molar-refractivity contribution < 1.29 is 14.7 Å². The van der Waals surface area contributed by atoms with E-state index in [1.54, 1.807) is 0 Å². The first kappa shape index (κ1) is 14.0. The largest absolute Gasteiger partial charge is 0.480 e. The van der Waals surface area contributed by atoms with Crippen LogP contribution in [0.2, 0.25) is 0 Å². The van der Waals surface area contributed by atoms with Crippen LogP contribution in [-0.2, 0) is 9.59 Å². The Balaban J connectivity index is 2.75. The van der Waals surface area contributed by atoms with Crippen molar-refractivity contribution in [2.45, 2.75) is 52.0 Å². The summed E-state index contributed by atoms with van der Waals surface area (Å²) in [7, 11) is 0. The van der Waals surface area contributed by atoms with Crippen LogP contribution in [0.3, 0.4) is 0 Å². The Morgan fingerprint density at radius 2 is 2.24 bits per heavy atom. The van der Waals surface area contributed by atoms with E-state index in [0.29, 0.717) is 18.9 Å². The number of hydrogen-bond donors (Lipinski definition) is 1. The lowest BCUT2D eigenvalue weighted by molar-refractivity contribution is -0.149. The normalized spacial score (nSPS) is 26.2. The molecule has 1 N–H and O–H groups in total. The summed E-state index contributed by atoms with van der Waals surface area (Å²) >= 11 is 0. The molecule has 0 saturated heterocycles. The molecule has 0 aromatic heterocycles. The Morgan fingerprint density at radius 1 is 1.53 bits per heavy atom. The average Bonchev–Trinajstić information content (AvgIpc) is 2.28. The number of carboxylic acids is 1. The monoisotopic (exact) mass is 241 g/mol. The van der Waals surface area contributed by atoms with Crippen LogP contribution < -0.4 is 0 Å². The molecule has 1 aliphatic rings. The minimum atomic E-state index is -0.857. The lowest BCUT2D eigenvalue weighted by Crippen LogP contribution is -2.47. The Bertz CT molecular complexity index is 267. The Hall–Kier alpha value is -1.06. The van der Waals surface area contributed by atoms with Crippen LogP contribution in [0.15, 0.2) is 0 Å². The van der Waals surface area contributed by atoms with Crippen LogP contribution in [-0.4, -0.2) is 35.0 Å². The molecule has 17 heavy (non-hydrogen) atoms. The predicted octanol–water partition coefficient (Wildman–Crippen LogP) is 2.13. The molecule has 98 valence electrons. The summed E-state index contributed by atoms with van der Waals surface area (Å²) in [5, 5.41) is 9.34. The number of nitrogens with zero attached hydrogens (tertiary/aromatic N) is 1. The van der Waals surface area contributed by atoms with E-state index in [9.17, 15) is 14.7 Å². The van der Waals surface area contributed by atoms with Gasteiger partial charge in [-0.2, -0.15) is 0 Å². The van der Waals surface area contributed by atoms with Crippen molar-refractivity contribution in [3.8, 4) is 0 Å². The molecule has 3 unspecified atom stereocenters. The highest BCUT2D eigenvalue weighted by Crippen LogP contribution is 2.32. The second-order valence-corrected chi connectivity index (χ2v) is 5.16. The molecule has 1 aliphatic carbocycles. The smallest absolute Gasteiger partial charge is 0.326 e. The van der Waals surface area contributed by atoms with Crippen LogP contribution in [0.25, 0.3) is 0 Å². The summed E-state index contributed by atoms with van der Waals surface area (Å²) in [6.45, 7) is 4.65. The Labute approximate surface area is 103 Å². The van der Waals surface area contributed by atoms with Crippen LogP contribution in [0.5, 0.6) is 0 Å². The molecule has 1 saturated carbocycles. The fourth-order valence-corrected chi connectivity index (χ4v) is 2.90. The van der Waals surface area contributed by atoms with Gasteiger partial charge in [0.2, 0.25) is 6.41 Å². The van der Waals surface area contributed by atoms with Crippen molar-refractivity contribution in [2.75, 3.05) is 6.54 Å². The molecule has 0 bridgehead atoms. The van der Waals surface area contributed by atoms with Crippen molar-refractivity contribution in [3.05, 3.63) is 0 Å². The first-order chi connectivity index (χ1) is 8.10. The standard InChI is InChI=1S/C13H23NO3/c1-3-7-14(9-15)12(13(16)17)11-6-4-5-10(2)8-11/h9-12H,3-8H2,1-2H3,(H,16,17). The van der Waals surface area contributed by atoms with E-state index >= 15 is 0 Å². The van der Waals surface area contributed by atoms with Gasteiger partial charge in [0.1, 0.15) is 6.04 Å². The van der Waals surface area contributed by atoms with Crippen molar-refractivity contribution in [1.82, 2.24) is 4.90 Å². The third-order valence-electron chi connectivity index (χ3n) is 3.65. The van der Waals surface area contributed by atoms with E-state index in [2.05, 4.69) is 6.92 Å². The van der Waals surface area contributed by atoms with Crippen LogP contribution in [0.4, 0.5) is 0 Å². The highest BCUT2D eigenvalue weighted by atomic mass is 16.4. The number of hydrogen-bond acceptors (Lipinski definition) is 2. The zero-order chi connectivity index (χ0) is 12.8. The third kappa shape index (κ3) is 3.72. The Morgan fingerprint density at radius 3 is 2.71 bits per heavy atom. The van der Waals surface area contributed by atoms with E-state index in [1.165, 1.54) is 11.3 Å². The number of aliphatic carboxylic acids is 1. The molecule has 0 spiro atoms. The van der Waals surface area contributed by atoms with Gasteiger partial charge in [0.25, 0.3) is 0 Å². The third-order valence-corrected chi connectivity index (χ3v) is 3.65. The van der Waals surface area contributed by atoms with E-state index < -0.39 is 12.0 Å². The first-order valence-electron chi connectivity index (χ1n) is 6.54. The zero-order valence-corrected chi connectivity index (χ0v) is 10.8. The molecule has 0 aliphatic heterocycles. The first-order valence-corrected chi connectivity index (χ1v) is 6.54. The van der Waals surface area contributed by atoms with E-state index in [-0.39, 0.29) is 5.92 Å². The van der Waals surface area contributed by atoms with Gasteiger partial charge < -0.3 is 10.0 Å². The van der Waals surface area contributed by atoms with Crippen LogP contribution in [0, 0.1) is 11.8 Å². The maximum atomic E-state index is 11.4. The quantitative estimate of drug-likeness (QED) is 0.725. The van der Waals surface area contributed by atoms with E-state index in [0.717, 1.165) is 25.7 Å². The molecule has 4 heteroatoms. The minimum absolute atomic E-state index is 0.119. The van der Waals surface area contributed by atoms with Gasteiger partial charge in [-0.3, -0.25) is 4.79 Å². The highest BCUT2D eigenvalue weighted by molar-refractivity contribution is 5.76. The van der Waals surface area contributed by atoms with Crippen LogP contribution in [0.1, 0.15) is 46.0 Å². The summed E-state index contributed by atoms with van der Waals surface area (Å²) in [5.41, 5.74) is 0. The second kappa shape index (κ2) is 6.62. The number of carbonyl (C=O) groups is 2. The van der Waals surface area contributed by atoms with Gasteiger partial charge in [-0.1, -0.05) is 26.7 Å². The predicted molar refractivity (Wildman–Crippen MR) is 65.6 cm³/mol. The zero-order valence-electron chi connectivity index (χ0n) is 10.8. The van der Waals surface area contributed by atoms with Crippen LogP contribution >= 0.6 is 0 Å². The minimum Gasteiger partial charge on any atom is -0.480 e. The van der Waals surface area contributed by atoms with Gasteiger partial charge in [-0.05, 0) is 31.1 Å². The molecule has 0 heterocycles. The molecular weight excluding hydrogens is 218 g/mol. The van der Waals surface area contributed by atoms with Gasteiger partial charge in [-0.15, -0.1) is 0 Å². The van der Waals surface area contributed by atoms with Gasteiger partial charge in [0, 0.05) is 6.54 Å². The topological polar surface area (TPSA) is 57.6 Å². The summed E-state index contributed by atoms with van der Waals surface area (Å²) in [4.78, 5) is 23.9. The number of carboxylic acid groups (broad SMARTS) is 1. The van der Waals surface area contributed by atoms with E-state index in [4.69, 9.17) is 0 Å². The molecule has 1 amide bonds. The molecule has 0 aromatic carbocycles. The van der Waals surface area contributed by atoms with E-state index in [1.807, 2.05) is 6.92 Å². The molecular formula is C13H23NO3. The Kier molecular flexibility index (Phi) is 5.45. The summed E-state index contributed by atoms with van der Waals surface area (Å²) in [6, 6.07) is -0.629. The maximum Gasteiger partial charge on any atom is 0.326 e. The molecule has 1 fully saturated rings. The fraction of sp³-hybridized carbons (Fsp3) is 0.846. The number of rotatable bonds is 6. The van der Waals surface area contributed by atoms with Gasteiger partial charge in [0.15, 0.2) is 0 Å². The maximum absolute atomic E-state index is 11.4. The van der Waals surface area contributed by atoms with Crippen molar-refractivity contribution in [3.63, 3.8) is 0 Å². The fourth-order valence-electron chi connectivity index (χ4n) is 2.90.